The molecule has 0 fully saturated rings. The molecule has 0 aromatic carbocycles. The van der Waals surface area contributed by atoms with Gasteiger partial charge in [0.1, 0.15) is 11.4 Å². The van der Waals surface area contributed by atoms with Crippen LogP contribution < -0.4 is 5.56 Å². The topological polar surface area (TPSA) is 68.1 Å². The summed E-state index contributed by atoms with van der Waals surface area (Å²) in [4.78, 5) is 35.6. The smallest absolute Gasteiger partial charge is 0.263 e. The minimum atomic E-state index is -0.255. The van der Waals surface area contributed by atoms with Crippen molar-refractivity contribution in [2.75, 3.05) is 0 Å². The Labute approximate surface area is 134 Å². The standard InChI is InChI=1S/C17H20N4O2/c1-5-15-18-7-12-8-21(9-14(12)19-15)17(23)13-6-10(2)11(3)20(4)16(13)22/h6-7H,5,8-9H2,1-4H3. The van der Waals surface area contributed by atoms with Crippen LogP contribution in [0.5, 0.6) is 0 Å². The molecule has 2 aromatic rings. The normalized spacial score (nSPS) is 13.3. The molecule has 23 heavy (non-hydrogen) atoms. The summed E-state index contributed by atoms with van der Waals surface area (Å²) in [7, 11) is 1.69. The fourth-order valence-corrected chi connectivity index (χ4v) is 2.81. The molecule has 0 aliphatic carbocycles. The first kappa shape index (κ1) is 15.4. The molecule has 1 aliphatic rings. The predicted octanol–water partition coefficient (Wildman–Crippen LogP) is 1.51. The van der Waals surface area contributed by atoms with Crippen LogP contribution in [0.3, 0.4) is 0 Å². The van der Waals surface area contributed by atoms with Crippen LogP contribution in [-0.2, 0) is 26.6 Å². The zero-order chi connectivity index (χ0) is 16.7. The van der Waals surface area contributed by atoms with Gasteiger partial charge in [0.25, 0.3) is 11.5 Å². The summed E-state index contributed by atoms with van der Waals surface area (Å²) >= 11 is 0. The average molecular weight is 312 g/mol. The molecule has 6 nitrogen and oxygen atoms in total. The van der Waals surface area contributed by atoms with Gasteiger partial charge in [-0.1, -0.05) is 6.92 Å². The van der Waals surface area contributed by atoms with E-state index in [0.717, 1.165) is 34.8 Å². The highest BCUT2D eigenvalue weighted by Crippen LogP contribution is 2.22. The van der Waals surface area contributed by atoms with Crippen molar-refractivity contribution in [3.63, 3.8) is 0 Å². The lowest BCUT2D eigenvalue weighted by atomic mass is 10.1. The summed E-state index contributed by atoms with van der Waals surface area (Å²) in [5.74, 6) is 0.532. The van der Waals surface area contributed by atoms with Gasteiger partial charge in [0, 0.05) is 37.5 Å². The fourth-order valence-electron chi connectivity index (χ4n) is 2.81. The van der Waals surface area contributed by atoms with Crippen molar-refractivity contribution in [3.8, 4) is 0 Å². The van der Waals surface area contributed by atoms with Crippen molar-refractivity contribution >= 4 is 5.91 Å². The van der Waals surface area contributed by atoms with Crippen LogP contribution in [0.4, 0.5) is 0 Å². The fraction of sp³-hybridized carbons (Fsp3) is 0.412. The number of rotatable bonds is 2. The van der Waals surface area contributed by atoms with Crippen molar-refractivity contribution in [3.05, 3.63) is 56.5 Å². The van der Waals surface area contributed by atoms with E-state index in [4.69, 9.17) is 0 Å². The number of amides is 1. The second-order valence-corrected chi connectivity index (χ2v) is 5.96. The lowest BCUT2D eigenvalue weighted by molar-refractivity contribution is 0.0748. The number of carbonyl (C=O) groups excluding carboxylic acids is 1. The molecule has 2 aromatic heterocycles. The zero-order valence-corrected chi connectivity index (χ0v) is 13.9. The SMILES string of the molecule is CCc1ncc2c(n1)CN(C(=O)c1cc(C)c(C)n(C)c1=O)C2. The van der Waals surface area contributed by atoms with Gasteiger partial charge in [0.05, 0.1) is 12.2 Å². The molecule has 0 bridgehead atoms. The number of hydrogen-bond donors (Lipinski definition) is 0. The van der Waals surface area contributed by atoms with Crippen LogP contribution in [-0.4, -0.2) is 25.3 Å². The minimum Gasteiger partial charge on any atom is -0.328 e. The van der Waals surface area contributed by atoms with Crippen LogP contribution >= 0.6 is 0 Å². The molecule has 1 amide bonds. The molecule has 0 N–H and O–H groups in total. The maximum atomic E-state index is 12.8. The van der Waals surface area contributed by atoms with E-state index in [1.807, 2.05) is 20.8 Å². The first-order valence-corrected chi connectivity index (χ1v) is 7.72. The second kappa shape index (κ2) is 5.61. The quantitative estimate of drug-likeness (QED) is 0.843. The maximum Gasteiger partial charge on any atom is 0.263 e. The van der Waals surface area contributed by atoms with Crippen molar-refractivity contribution < 1.29 is 4.79 Å². The lowest BCUT2D eigenvalue weighted by Gasteiger charge is -2.16. The molecule has 0 saturated heterocycles. The lowest BCUT2D eigenvalue weighted by Crippen LogP contribution is -2.34. The van der Waals surface area contributed by atoms with Crippen molar-refractivity contribution in [1.82, 2.24) is 19.4 Å². The number of carbonyl (C=O) groups is 1. The van der Waals surface area contributed by atoms with Gasteiger partial charge in [-0.25, -0.2) is 9.97 Å². The van der Waals surface area contributed by atoms with Crippen LogP contribution in [0.25, 0.3) is 0 Å². The van der Waals surface area contributed by atoms with E-state index in [1.165, 1.54) is 4.57 Å². The summed E-state index contributed by atoms with van der Waals surface area (Å²) in [5.41, 5.74) is 3.60. The highest BCUT2D eigenvalue weighted by molar-refractivity contribution is 5.94. The predicted molar refractivity (Wildman–Crippen MR) is 86.1 cm³/mol. The molecule has 0 atom stereocenters. The number of aromatic nitrogens is 3. The van der Waals surface area contributed by atoms with E-state index in [-0.39, 0.29) is 17.0 Å². The molecular formula is C17H20N4O2. The van der Waals surface area contributed by atoms with Crippen molar-refractivity contribution in [2.24, 2.45) is 7.05 Å². The molecule has 1 aliphatic heterocycles. The average Bonchev–Trinajstić information content (AvgIpc) is 2.98. The van der Waals surface area contributed by atoms with Crippen LogP contribution in [0.2, 0.25) is 0 Å². The van der Waals surface area contributed by atoms with Crippen molar-refractivity contribution in [1.29, 1.82) is 0 Å². The zero-order valence-electron chi connectivity index (χ0n) is 13.9. The third-order valence-corrected chi connectivity index (χ3v) is 4.51. The monoisotopic (exact) mass is 312 g/mol. The van der Waals surface area contributed by atoms with Crippen LogP contribution in [0.15, 0.2) is 17.1 Å². The Balaban J connectivity index is 1.93. The minimum absolute atomic E-state index is 0.215. The van der Waals surface area contributed by atoms with E-state index < -0.39 is 0 Å². The van der Waals surface area contributed by atoms with Gasteiger partial charge >= 0.3 is 0 Å². The third-order valence-electron chi connectivity index (χ3n) is 4.51. The first-order valence-electron chi connectivity index (χ1n) is 7.72. The number of pyridine rings is 1. The molecular weight excluding hydrogens is 292 g/mol. The highest BCUT2D eigenvalue weighted by Gasteiger charge is 2.28. The van der Waals surface area contributed by atoms with Crippen LogP contribution in [0, 0.1) is 13.8 Å². The van der Waals surface area contributed by atoms with E-state index in [2.05, 4.69) is 9.97 Å². The van der Waals surface area contributed by atoms with Gasteiger partial charge < -0.3 is 9.47 Å². The first-order chi connectivity index (χ1) is 10.9. The number of fused-ring (bicyclic) bond motifs is 1. The Kier molecular flexibility index (Phi) is 3.75. The molecule has 3 rings (SSSR count). The number of aryl methyl sites for hydroxylation is 2. The maximum absolute atomic E-state index is 12.8. The molecule has 6 heteroatoms. The van der Waals surface area contributed by atoms with E-state index in [9.17, 15) is 9.59 Å². The van der Waals surface area contributed by atoms with E-state index in [1.54, 1.807) is 24.2 Å². The number of hydrogen-bond acceptors (Lipinski definition) is 4. The summed E-state index contributed by atoms with van der Waals surface area (Å²) in [6.07, 6.45) is 2.55. The van der Waals surface area contributed by atoms with E-state index in [0.29, 0.717) is 13.1 Å². The molecule has 3 heterocycles. The van der Waals surface area contributed by atoms with Crippen molar-refractivity contribution in [2.45, 2.75) is 40.3 Å². The molecule has 0 spiro atoms. The Morgan fingerprint density at radius 1 is 1.30 bits per heavy atom. The Morgan fingerprint density at radius 3 is 2.74 bits per heavy atom. The van der Waals surface area contributed by atoms with E-state index >= 15 is 0 Å². The molecule has 0 saturated carbocycles. The van der Waals surface area contributed by atoms with Gasteiger partial charge in [0.2, 0.25) is 0 Å². The second-order valence-electron chi connectivity index (χ2n) is 5.96. The van der Waals surface area contributed by atoms with Gasteiger partial charge in [-0.15, -0.1) is 0 Å². The highest BCUT2D eigenvalue weighted by atomic mass is 16.2. The molecule has 0 unspecified atom stereocenters. The molecule has 0 radical (unpaired) electrons. The summed E-state index contributed by atoms with van der Waals surface area (Å²) < 4.78 is 1.53. The summed E-state index contributed by atoms with van der Waals surface area (Å²) in [5, 5.41) is 0. The Hall–Kier alpha value is -2.50. The number of nitrogens with zero attached hydrogens (tertiary/aromatic N) is 4. The van der Waals surface area contributed by atoms with Gasteiger partial charge in [-0.05, 0) is 25.5 Å². The van der Waals surface area contributed by atoms with Crippen LogP contribution in [0.1, 0.15) is 45.6 Å². The third kappa shape index (κ3) is 2.54. The molecule has 120 valence electrons. The summed E-state index contributed by atoms with van der Waals surface area (Å²) in [6.45, 7) is 6.66. The van der Waals surface area contributed by atoms with Gasteiger partial charge in [-0.3, -0.25) is 9.59 Å². The Bertz CT molecular complexity index is 854. The largest absolute Gasteiger partial charge is 0.328 e. The van der Waals surface area contributed by atoms with Gasteiger partial charge in [0.15, 0.2) is 0 Å². The van der Waals surface area contributed by atoms with Gasteiger partial charge in [-0.2, -0.15) is 0 Å². The summed E-state index contributed by atoms with van der Waals surface area (Å²) in [6, 6.07) is 1.69. The Morgan fingerprint density at radius 2 is 2.04 bits per heavy atom.